The topological polar surface area (TPSA) is 55.6 Å². The van der Waals surface area contributed by atoms with E-state index in [0.29, 0.717) is 5.56 Å². The number of nitrogens with zero attached hydrogens (tertiary/aromatic N) is 1. The average molecular weight is 248 g/mol. The van der Waals surface area contributed by atoms with Crippen molar-refractivity contribution in [2.75, 3.05) is 18.6 Å². The Hall–Kier alpha value is -1.55. The fraction of sp³-hybridized carbons (Fsp3) is 0.500. The van der Waals surface area contributed by atoms with E-state index in [-0.39, 0.29) is 17.6 Å². The van der Waals surface area contributed by atoms with Crippen LogP contribution in [0.4, 0.5) is 5.69 Å². The first kappa shape index (κ1) is 12.9. The molecule has 0 spiro atoms. The summed E-state index contributed by atoms with van der Waals surface area (Å²) in [5.41, 5.74) is 7.50. The fourth-order valence-corrected chi connectivity index (χ4v) is 2.53. The lowest BCUT2D eigenvalue weighted by Gasteiger charge is -2.37. The monoisotopic (exact) mass is 248 g/mol. The Kier molecular flexibility index (Phi) is 3.30. The van der Waals surface area contributed by atoms with E-state index in [9.17, 15) is 4.79 Å². The highest BCUT2D eigenvalue weighted by atomic mass is 16.5. The molecule has 0 amide bonds. The van der Waals surface area contributed by atoms with Gasteiger partial charge >= 0.3 is 5.97 Å². The molecule has 0 bridgehead atoms. The van der Waals surface area contributed by atoms with Crippen LogP contribution in [0.15, 0.2) is 24.3 Å². The number of ether oxygens (including phenoxy) is 1. The van der Waals surface area contributed by atoms with Crippen LogP contribution in [0.25, 0.3) is 0 Å². The molecule has 1 aliphatic rings. The van der Waals surface area contributed by atoms with Crippen LogP contribution in [0.5, 0.6) is 0 Å². The van der Waals surface area contributed by atoms with E-state index < -0.39 is 0 Å². The Morgan fingerprint density at radius 2 is 2.11 bits per heavy atom. The highest BCUT2D eigenvalue weighted by Crippen LogP contribution is 2.35. The number of rotatable bonds is 2. The quantitative estimate of drug-likeness (QED) is 0.811. The lowest BCUT2D eigenvalue weighted by atomic mass is 9.96. The van der Waals surface area contributed by atoms with Crippen LogP contribution >= 0.6 is 0 Å². The van der Waals surface area contributed by atoms with E-state index in [1.54, 1.807) is 6.07 Å². The predicted molar refractivity (Wildman–Crippen MR) is 71.8 cm³/mol. The second-order valence-corrected chi connectivity index (χ2v) is 5.21. The van der Waals surface area contributed by atoms with Gasteiger partial charge in [-0.15, -0.1) is 0 Å². The van der Waals surface area contributed by atoms with Gasteiger partial charge in [0, 0.05) is 18.1 Å². The molecule has 98 valence electrons. The van der Waals surface area contributed by atoms with Crippen molar-refractivity contribution in [2.45, 2.75) is 31.8 Å². The molecular weight excluding hydrogens is 228 g/mol. The van der Waals surface area contributed by atoms with Crippen LogP contribution < -0.4 is 10.6 Å². The van der Waals surface area contributed by atoms with Crippen molar-refractivity contribution < 1.29 is 9.53 Å². The Morgan fingerprint density at radius 1 is 1.44 bits per heavy atom. The zero-order chi connectivity index (χ0) is 13.3. The number of para-hydroxylation sites is 1. The SMILES string of the molecule is COC(=O)c1ccccc1N1CCC(N)C1(C)C. The number of esters is 1. The summed E-state index contributed by atoms with van der Waals surface area (Å²) in [6, 6.07) is 7.64. The molecule has 1 aromatic rings. The molecule has 1 heterocycles. The Balaban J connectivity index is 2.43. The van der Waals surface area contributed by atoms with E-state index in [4.69, 9.17) is 10.5 Å². The van der Waals surface area contributed by atoms with E-state index in [1.807, 2.05) is 18.2 Å². The fourth-order valence-electron chi connectivity index (χ4n) is 2.53. The number of carbonyl (C=O) groups is 1. The van der Waals surface area contributed by atoms with Crippen LogP contribution in [0.2, 0.25) is 0 Å². The van der Waals surface area contributed by atoms with Gasteiger partial charge < -0.3 is 15.4 Å². The molecule has 2 rings (SSSR count). The van der Waals surface area contributed by atoms with Crippen molar-refractivity contribution in [3.05, 3.63) is 29.8 Å². The number of carbonyl (C=O) groups excluding carboxylic acids is 1. The normalized spacial score (nSPS) is 22.0. The molecule has 18 heavy (non-hydrogen) atoms. The molecule has 2 N–H and O–H groups in total. The molecule has 0 aliphatic carbocycles. The summed E-state index contributed by atoms with van der Waals surface area (Å²) in [4.78, 5) is 14.0. The van der Waals surface area contributed by atoms with E-state index >= 15 is 0 Å². The summed E-state index contributed by atoms with van der Waals surface area (Å²) in [5.74, 6) is -0.304. The van der Waals surface area contributed by atoms with Gasteiger partial charge in [0.15, 0.2) is 0 Å². The Bertz CT molecular complexity index is 457. The van der Waals surface area contributed by atoms with Gasteiger partial charge in [0.05, 0.1) is 18.4 Å². The smallest absolute Gasteiger partial charge is 0.339 e. The number of methoxy groups -OCH3 is 1. The van der Waals surface area contributed by atoms with Gasteiger partial charge in [-0.25, -0.2) is 4.79 Å². The average Bonchev–Trinajstić information content (AvgIpc) is 2.63. The number of hydrogen-bond donors (Lipinski definition) is 1. The number of hydrogen-bond acceptors (Lipinski definition) is 4. The molecule has 0 saturated carbocycles. The van der Waals surface area contributed by atoms with Gasteiger partial charge in [-0.05, 0) is 32.4 Å². The van der Waals surface area contributed by atoms with Gasteiger partial charge in [-0.3, -0.25) is 0 Å². The predicted octanol–water partition coefficient (Wildman–Crippen LogP) is 1.79. The highest BCUT2D eigenvalue weighted by molar-refractivity contribution is 5.96. The van der Waals surface area contributed by atoms with Crippen LogP contribution in [0.1, 0.15) is 30.6 Å². The van der Waals surface area contributed by atoms with Crippen LogP contribution in [0, 0.1) is 0 Å². The van der Waals surface area contributed by atoms with Crippen molar-refractivity contribution in [2.24, 2.45) is 5.73 Å². The standard InChI is InChI=1S/C14H20N2O2/c1-14(2)12(15)8-9-16(14)11-7-5-4-6-10(11)13(17)18-3/h4-7,12H,8-9,15H2,1-3H3. The number of nitrogens with two attached hydrogens (primary N) is 1. The third kappa shape index (κ3) is 1.97. The number of benzene rings is 1. The molecule has 1 atom stereocenters. The van der Waals surface area contributed by atoms with Crippen molar-refractivity contribution in [3.8, 4) is 0 Å². The molecule has 1 aromatic carbocycles. The van der Waals surface area contributed by atoms with Gasteiger partial charge in [0.25, 0.3) is 0 Å². The molecule has 1 unspecified atom stereocenters. The van der Waals surface area contributed by atoms with Crippen molar-refractivity contribution in [1.29, 1.82) is 0 Å². The van der Waals surface area contributed by atoms with E-state index in [1.165, 1.54) is 7.11 Å². The first-order chi connectivity index (χ1) is 8.48. The third-order valence-electron chi connectivity index (χ3n) is 3.87. The molecule has 0 aromatic heterocycles. The zero-order valence-electron chi connectivity index (χ0n) is 11.1. The molecule has 1 saturated heterocycles. The van der Waals surface area contributed by atoms with Gasteiger partial charge in [0.2, 0.25) is 0 Å². The summed E-state index contributed by atoms with van der Waals surface area (Å²) in [7, 11) is 1.40. The minimum Gasteiger partial charge on any atom is -0.465 e. The first-order valence-corrected chi connectivity index (χ1v) is 6.19. The Labute approximate surface area is 108 Å². The highest BCUT2D eigenvalue weighted by Gasteiger charge is 2.40. The summed E-state index contributed by atoms with van der Waals surface area (Å²) < 4.78 is 4.83. The summed E-state index contributed by atoms with van der Waals surface area (Å²) in [5, 5.41) is 0. The molecule has 1 aliphatic heterocycles. The lowest BCUT2D eigenvalue weighted by molar-refractivity contribution is 0.0601. The van der Waals surface area contributed by atoms with Gasteiger partial charge in [-0.1, -0.05) is 12.1 Å². The maximum atomic E-state index is 11.8. The minimum absolute atomic E-state index is 0.114. The van der Waals surface area contributed by atoms with Crippen LogP contribution in [0.3, 0.4) is 0 Å². The largest absolute Gasteiger partial charge is 0.465 e. The third-order valence-corrected chi connectivity index (χ3v) is 3.87. The van der Waals surface area contributed by atoms with Crippen LogP contribution in [-0.2, 0) is 4.74 Å². The van der Waals surface area contributed by atoms with Crippen molar-refractivity contribution in [1.82, 2.24) is 0 Å². The minimum atomic E-state index is -0.304. The van der Waals surface area contributed by atoms with Crippen LogP contribution in [-0.4, -0.2) is 31.2 Å². The maximum Gasteiger partial charge on any atom is 0.339 e. The van der Waals surface area contributed by atoms with Gasteiger partial charge in [0.1, 0.15) is 0 Å². The second-order valence-electron chi connectivity index (χ2n) is 5.21. The lowest BCUT2D eigenvalue weighted by Crippen LogP contribution is -2.49. The van der Waals surface area contributed by atoms with Crippen molar-refractivity contribution in [3.63, 3.8) is 0 Å². The second kappa shape index (κ2) is 4.61. The maximum absolute atomic E-state index is 11.8. The summed E-state index contributed by atoms with van der Waals surface area (Å²) in [6.45, 7) is 5.08. The molecular formula is C14H20N2O2. The summed E-state index contributed by atoms with van der Waals surface area (Å²) >= 11 is 0. The molecule has 1 fully saturated rings. The van der Waals surface area contributed by atoms with E-state index in [2.05, 4.69) is 18.7 Å². The zero-order valence-corrected chi connectivity index (χ0v) is 11.1. The molecule has 0 radical (unpaired) electrons. The molecule has 4 nitrogen and oxygen atoms in total. The van der Waals surface area contributed by atoms with Crippen molar-refractivity contribution >= 4 is 11.7 Å². The number of anilines is 1. The Morgan fingerprint density at radius 3 is 2.67 bits per heavy atom. The van der Waals surface area contributed by atoms with E-state index in [0.717, 1.165) is 18.7 Å². The first-order valence-electron chi connectivity index (χ1n) is 6.19. The summed E-state index contributed by atoms with van der Waals surface area (Å²) in [6.07, 6.45) is 0.933. The van der Waals surface area contributed by atoms with Gasteiger partial charge in [-0.2, -0.15) is 0 Å². The molecule has 4 heteroatoms.